The second-order valence-electron chi connectivity index (χ2n) is 6.31. The lowest BCUT2D eigenvalue weighted by molar-refractivity contribution is 0.444. The summed E-state index contributed by atoms with van der Waals surface area (Å²) in [5.74, 6) is 1.05. The van der Waals surface area contributed by atoms with Crippen molar-refractivity contribution in [1.29, 1.82) is 0 Å². The fourth-order valence-corrected chi connectivity index (χ4v) is 2.80. The molecular weight excluding hydrogens is 208 g/mol. The van der Waals surface area contributed by atoms with Gasteiger partial charge in [0, 0.05) is 11.7 Å². The fraction of sp³-hybridized carbons (Fsp3) is 0.667. The van der Waals surface area contributed by atoms with Crippen LogP contribution in [0.1, 0.15) is 56.9 Å². The van der Waals surface area contributed by atoms with Crippen LogP contribution in [0.2, 0.25) is 0 Å². The third-order valence-corrected chi connectivity index (χ3v) is 3.60. The average molecular weight is 232 g/mol. The van der Waals surface area contributed by atoms with Crippen molar-refractivity contribution in [3.05, 3.63) is 22.9 Å². The van der Waals surface area contributed by atoms with E-state index in [9.17, 15) is 0 Å². The molecule has 0 bridgehead atoms. The highest BCUT2D eigenvalue weighted by atomic mass is 15.0. The summed E-state index contributed by atoms with van der Waals surface area (Å²) in [6, 6.07) is 2.85. The van der Waals surface area contributed by atoms with E-state index < -0.39 is 0 Å². The largest absolute Gasteiger partial charge is 0.367 e. The highest BCUT2D eigenvalue weighted by Crippen LogP contribution is 2.30. The van der Waals surface area contributed by atoms with Crippen molar-refractivity contribution in [2.45, 2.75) is 65.3 Å². The summed E-state index contributed by atoms with van der Waals surface area (Å²) in [5, 5.41) is 3.53. The van der Waals surface area contributed by atoms with Crippen LogP contribution in [0.4, 0.5) is 5.82 Å². The quantitative estimate of drug-likeness (QED) is 0.835. The molecule has 0 atom stereocenters. The standard InChI is InChI=1S/C15H24N2/c1-10-9-13(17-12-7-6-8-12)16-11(2)14(10)15(3,4)5/h9,12H,6-8H2,1-5H3,(H,16,17). The summed E-state index contributed by atoms with van der Waals surface area (Å²) >= 11 is 0. The molecule has 1 fully saturated rings. The van der Waals surface area contributed by atoms with E-state index in [0.29, 0.717) is 6.04 Å². The van der Waals surface area contributed by atoms with E-state index >= 15 is 0 Å². The maximum absolute atomic E-state index is 4.71. The molecule has 1 aliphatic rings. The maximum atomic E-state index is 4.71. The zero-order valence-electron chi connectivity index (χ0n) is 11.7. The van der Waals surface area contributed by atoms with E-state index in [1.807, 2.05) is 0 Å². The normalized spacial score (nSPS) is 16.8. The van der Waals surface area contributed by atoms with Crippen molar-refractivity contribution in [2.75, 3.05) is 5.32 Å². The van der Waals surface area contributed by atoms with Crippen LogP contribution in [0.5, 0.6) is 0 Å². The summed E-state index contributed by atoms with van der Waals surface area (Å²) in [6.07, 6.45) is 3.94. The zero-order valence-corrected chi connectivity index (χ0v) is 11.7. The first-order chi connectivity index (χ1) is 7.88. The Balaban J connectivity index is 2.27. The fourth-order valence-electron chi connectivity index (χ4n) is 2.80. The second-order valence-corrected chi connectivity index (χ2v) is 6.31. The first kappa shape index (κ1) is 12.4. The monoisotopic (exact) mass is 232 g/mol. The van der Waals surface area contributed by atoms with Gasteiger partial charge in [-0.25, -0.2) is 4.98 Å². The van der Waals surface area contributed by atoms with Crippen molar-refractivity contribution in [3.63, 3.8) is 0 Å². The molecule has 0 spiro atoms. The van der Waals surface area contributed by atoms with Crippen LogP contribution in [0, 0.1) is 13.8 Å². The molecule has 0 aromatic carbocycles. The number of hydrogen-bond acceptors (Lipinski definition) is 2. The smallest absolute Gasteiger partial charge is 0.126 e. The lowest BCUT2D eigenvalue weighted by Gasteiger charge is -2.29. The van der Waals surface area contributed by atoms with Crippen LogP contribution in [0.15, 0.2) is 6.07 Å². The van der Waals surface area contributed by atoms with Gasteiger partial charge in [-0.3, -0.25) is 0 Å². The molecule has 0 saturated heterocycles. The molecule has 2 nitrogen and oxygen atoms in total. The van der Waals surface area contributed by atoms with Gasteiger partial charge in [-0.1, -0.05) is 20.8 Å². The van der Waals surface area contributed by atoms with E-state index in [2.05, 4.69) is 46.0 Å². The zero-order chi connectivity index (χ0) is 12.6. The number of nitrogens with one attached hydrogen (secondary N) is 1. The minimum Gasteiger partial charge on any atom is -0.367 e. The Hall–Kier alpha value is -1.05. The lowest BCUT2D eigenvalue weighted by atomic mass is 9.83. The van der Waals surface area contributed by atoms with Gasteiger partial charge in [-0.05, 0) is 55.7 Å². The van der Waals surface area contributed by atoms with Gasteiger partial charge in [-0.15, -0.1) is 0 Å². The summed E-state index contributed by atoms with van der Waals surface area (Å²) in [6.45, 7) is 11.1. The van der Waals surface area contributed by atoms with Crippen molar-refractivity contribution < 1.29 is 0 Å². The van der Waals surface area contributed by atoms with Crippen molar-refractivity contribution >= 4 is 5.82 Å². The van der Waals surface area contributed by atoms with E-state index in [1.54, 1.807) is 0 Å². The highest BCUT2D eigenvalue weighted by molar-refractivity contribution is 5.46. The van der Waals surface area contributed by atoms with E-state index in [1.165, 1.54) is 36.1 Å². The Morgan fingerprint density at radius 2 is 1.88 bits per heavy atom. The average Bonchev–Trinajstić information content (AvgIpc) is 2.07. The molecule has 1 N–H and O–H groups in total. The Kier molecular flexibility index (Phi) is 3.15. The Morgan fingerprint density at radius 3 is 2.29 bits per heavy atom. The van der Waals surface area contributed by atoms with Crippen LogP contribution in [-0.2, 0) is 5.41 Å². The van der Waals surface area contributed by atoms with Gasteiger partial charge in [0.25, 0.3) is 0 Å². The number of aromatic nitrogens is 1. The molecule has 2 rings (SSSR count). The van der Waals surface area contributed by atoms with Gasteiger partial charge < -0.3 is 5.32 Å². The predicted octanol–water partition coefficient (Wildman–Crippen LogP) is 3.96. The van der Waals surface area contributed by atoms with Gasteiger partial charge in [-0.2, -0.15) is 0 Å². The molecule has 17 heavy (non-hydrogen) atoms. The molecule has 0 radical (unpaired) electrons. The minimum atomic E-state index is 0.177. The number of hydrogen-bond donors (Lipinski definition) is 1. The van der Waals surface area contributed by atoms with Gasteiger partial charge in [0.1, 0.15) is 5.82 Å². The SMILES string of the molecule is Cc1cc(NC2CCC2)nc(C)c1C(C)(C)C. The van der Waals surface area contributed by atoms with Crippen molar-refractivity contribution in [1.82, 2.24) is 4.98 Å². The third kappa shape index (κ3) is 2.62. The van der Waals surface area contributed by atoms with Crippen LogP contribution < -0.4 is 5.32 Å². The first-order valence-electron chi connectivity index (χ1n) is 6.63. The molecule has 1 aromatic rings. The topological polar surface area (TPSA) is 24.9 Å². The number of pyridine rings is 1. The van der Waals surface area contributed by atoms with E-state index in [-0.39, 0.29) is 5.41 Å². The summed E-state index contributed by atoms with van der Waals surface area (Å²) < 4.78 is 0. The third-order valence-electron chi connectivity index (χ3n) is 3.60. The molecule has 2 heteroatoms. The molecular formula is C15H24N2. The van der Waals surface area contributed by atoms with Crippen LogP contribution in [-0.4, -0.2) is 11.0 Å². The van der Waals surface area contributed by atoms with Crippen LogP contribution in [0.3, 0.4) is 0 Å². The molecule has 0 aliphatic heterocycles. The van der Waals surface area contributed by atoms with Crippen molar-refractivity contribution in [2.24, 2.45) is 0 Å². The Morgan fingerprint density at radius 1 is 1.24 bits per heavy atom. The first-order valence-corrected chi connectivity index (χ1v) is 6.63. The van der Waals surface area contributed by atoms with Crippen LogP contribution >= 0.6 is 0 Å². The molecule has 0 unspecified atom stereocenters. The highest BCUT2D eigenvalue weighted by Gasteiger charge is 2.22. The number of aryl methyl sites for hydroxylation is 2. The molecule has 1 saturated carbocycles. The van der Waals surface area contributed by atoms with Gasteiger partial charge in [0.05, 0.1) is 0 Å². The minimum absolute atomic E-state index is 0.177. The number of anilines is 1. The summed E-state index contributed by atoms with van der Waals surface area (Å²) in [5.41, 5.74) is 4.08. The van der Waals surface area contributed by atoms with E-state index in [0.717, 1.165) is 5.82 Å². The van der Waals surface area contributed by atoms with Crippen molar-refractivity contribution in [3.8, 4) is 0 Å². The molecule has 1 aliphatic carbocycles. The van der Waals surface area contributed by atoms with Gasteiger partial charge >= 0.3 is 0 Å². The van der Waals surface area contributed by atoms with E-state index in [4.69, 9.17) is 4.98 Å². The number of nitrogens with zero attached hydrogens (tertiary/aromatic N) is 1. The Bertz CT molecular complexity index is 388. The van der Waals surface area contributed by atoms with Gasteiger partial charge in [0.15, 0.2) is 0 Å². The lowest BCUT2D eigenvalue weighted by Crippen LogP contribution is -2.28. The molecule has 1 aromatic heterocycles. The van der Waals surface area contributed by atoms with Crippen LogP contribution in [0.25, 0.3) is 0 Å². The summed E-state index contributed by atoms with van der Waals surface area (Å²) in [4.78, 5) is 4.71. The molecule has 0 amide bonds. The predicted molar refractivity (Wildman–Crippen MR) is 73.7 cm³/mol. The maximum Gasteiger partial charge on any atom is 0.126 e. The molecule has 1 heterocycles. The summed E-state index contributed by atoms with van der Waals surface area (Å²) in [7, 11) is 0. The number of rotatable bonds is 2. The van der Waals surface area contributed by atoms with Gasteiger partial charge in [0.2, 0.25) is 0 Å². The Labute approximate surface area is 105 Å². The second kappa shape index (κ2) is 4.32. The molecule has 94 valence electrons.